The predicted molar refractivity (Wildman–Crippen MR) is 72.5 cm³/mol. The smallest absolute Gasteiger partial charge is 0.272 e. The van der Waals surface area contributed by atoms with Crippen molar-refractivity contribution in [2.75, 3.05) is 5.73 Å². The zero-order valence-corrected chi connectivity index (χ0v) is 11.1. The fourth-order valence-electron chi connectivity index (χ4n) is 1.82. The molecule has 100 valence electrons. The Balaban J connectivity index is 2.12. The Morgan fingerprint density at radius 1 is 1.47 bits per heavy atom. The van der Waals surface area contributed by atoms with E-state index in [-0.39, 0.29) is 5.91 Å². The molecule has 0 spiro atoms. The molecule has 0 fully saturated rings. The van der Waals surface area contributed by atoms with Gasteiger partial charge in [-0.3, -0.25) is 14.5 Å². The van der Waals surface area contributed by atoms with E-state index in [1.165, 1.54) is 0 Å². The molecule has 0 aliphatic carbocycles. The van der Waals surface area contributed by atoms with Gasteiger partial charge in [-0.15, -0.1) is 0 Å². The normalized spacial score (nSPS) is 10.4. The van der Waals surface area contributed by atoms with Crippen molar-refractivity contribution >= 4 is 11.6 Å². The van der Waals surface area contributed by atoms with E-state index in [0.29, 0.717) is 30.2 Å². The lowest BCUT2D eigenvalue weighted by Crippen LogP contribution is -2.26. The van der Waals surface area contributed by atoms with Gasteiger partial charge in [-0.2, -0.15) is 5.10 Å². The molecule has 0 saturated carbocycles. The van der Waals surface area contributed by atoms with Crippen molar-refractivity contribution in [3.63, 3.8) is 0 Å². The van der Waals surface area contributed by atoms with Crippen LogP contribution in [0.1, 0.15) is 28.8 Å². The lowest BCUT2D eigenvalue weighted by atomic mass is 10.3. The summed E-state index contributed by atoms with van der Waals surface area (Å²) in [6.45, 7) is 4.68. The number of hydrogen-bond donors (Lipinski definition) is 2. The molecule has 2 aromatic heterocycles. The Kier molecular flexibility index (Phi) is 3.79. The molecule has 0 bridgehead atoms. The first-order valence-electron chi connectivity index (χ1n) is 6.14. The summed E-state index contributed by atoms with van der Waals surface area (Å²) in [5, 5.41) is 7.02. The van der Waals surface area contributed by atoms with E-state index in [4.69, 9.17) is 5.73 Å². The van der Waals surface area contributed by atoms with Gasteiger partial charge in [0.05, 0.1) is 23.6 Å². The quantitative estimate of drug-likeness (QED) is 0.861. The fraction of sp³-hybridized carbons (Fsp3) is 0.308. The van der Waals surface area contributed by atoms with E-state index in [9.17, 15) is 4.79 Å². The molecule has 0 atom stereocenters. The highest BCUT2D eigenvalue weighted by molar-refractivity contribution is 5.97. The van der Waals surface area contributed by atoms with Gasteiger partial charge in [-0.1, -0.05) is 6.07 Å². The fourth-order valence-corrected chi connectivity index (χ4v) is 1.82. The number of nitrogen functional groups attached to an aromatic ring is 1. The van der Waals surface area contributed by atoms with Crippen LogP contribution in [0, 0.1) is 6.92 Å². The third kappa shape index (κ3) is 2.73. The number of nitrogens with zero attached hydrogens (tertiary/aromatic N) is 3. The van der Waals surface area contributed by atoms with Crippen LogP contribution in [0.4, 0.5) is 5.69 Å². The van der Waals surface area contributed by atoms with Crippen LogP contribution in [-0.4, -0.2) is 20.7 Å². The SMILES string of the molecule is CCn1nc(C)c(N)c1C(=O)NCc1ccccn1. The highest BCUT2D eigenvalue weighted by atomic mass is 16.2. The van der Waals surface area contributed by atoms with Crippen molar-refractivity contribution in [1.82, 2.24) is 20.1 Å². The number of anilines is 1. The van der Waals surface area contributed by atoms with Gasteiger partial charge in [0, 0.05) is 12.7 Å². The molecule has 2 heterocycles. The highest BCUT2D eigenvalue weighted by Gasteiger charge is 2.18. The summed E-state index contributed by atoms with van der Waals surface area (Å²) in [6.07, 6.45) is 1.69. The number of nitrogens with two attached hydrogens (primary N) is 1. The van der Waals surface area contributed by atoms with Crippen LogP contribution < -0.4 is 11.1 Å². The third-order valence-corrected chi connectivity index (χ3v) is 2.84. The molecule has 6 heteroatoms. The first kappa shape index (κ1) is 13.1. The molecule has 2 rings (SSSR count). The summed E-state index contributed by atoms with van der Waals surface area (Å²) in [6, 6.07) is 5.56. The Bertz CT molecular complexity index is 576. The molecule has 0 saturated heterocycles. The highest BCUT2D eigenvalue weighted by Crippen LogP contribution is 2.16. The van der Waals surface area contributed by atoms with Gasteiger partial charge >= 0.3 is 0 Å². The average molecular weight is 259 g/mol. The van der Waals surface area contributed by atoms with Crippen LogP contribution in [0.2, 0.25) is 0 Å². The first-order chi connectivity index (χ1) is 9.13. The minimum atomic E-state index is -0.231. The molecular weight excluding hydrogens is 242 g/mol. The van der Waals surface area contributed by atoms with Crippen molar-refractivity contribution in [2.45, 2.75) is 26.9 Å². The van der Waals surface area contributed by atoms with Crippen molar-refractivity contribution in [3.8, 4) is 0 Å². The van der Waals surface area contributed by atoms with E-state index >= 15 is 0 Å². The lowest BCUT2D eigenvalue weighted by Gasteiger charge is -2.07. The van der Waals surface area contributed by atoms with Crippen LogP contribution in [0.5, 0.6) is 0 Å². The van der Waals surface area contributed by atoms with Crippen LogP contribution in [0.25, 0.3) is 0 Å². The largest absolute Gasteiger partial charge is 0.395 e. The second-order valence-corrected chi connectivity index (χ2v) is 4.17. The van der Waals surface area contributed by atoms with Crippen molar-refractivity contribution < 1.29 is 4.79 Å². The van der Waals surface area contributed by atoms with Crippen molar-refractivity contribution in [1.29, 1.82) is 0 Å². The average Bonchev–Trinajstić information content (AvgIpc) is 2.73. The molecule has 0 aliphatic rings. The van der Waals surface area contributed by atoms with Gasteiger partial charge < -0.3 is 11.1 Å². The summed E-state index contributed by atoms with van der Waals surface area (Å²) in [5.74, 6) is -0.231. The Morgan fingerprint density at radius 3 is 2.89 bits per heavy atom. The maximum Gasteiger partial charge on any atom is 0.272 e. The predicted octanol–water partition coefficient (Wildman–Crippen LogP) is 1.12. The molecule has 2 aromatic rings. The number of carbonyl (C=O) groups excluding carboxylic acids is 1. The standard InChI is InChI=1S/C13H17N5O/c1-3-18-12(11(14)9(2)17-18)13(19)16-8-10-6-4-5-7-15-10/h4-7H,3,8,14H2,1-2H3,(H,16,19). The maximum absolute atomic E-state index is 12.2. The molecule has 0 aromatic carbocycles. The molecule has 19 heavy (non-hydrogen) atoms. The Labute approximate surface area is 111 Å². The lowest BCUT2D eigenvalue weighted by molar-refractivity contribution is 0.0940. The Morgan fingerprint density at radius 2 is 2.26 bits per heavy atom. The van der Waals surface area contributed by atoms with Crippen molar-refractivity contribution in [3.05, 3.63) is 41.5 Å². The molecular formula is C13H17N5O. The summed E-state index contributed by atoms with van der Waals surface area (Å²) < 4.78 is 1.61. The van der Waals surface area contributed by atoms with Crippen LogP contribution in [0.15, 0.2) is 24.4 Å². The van der Waals surface area contributed by atoms with E-state index in [2.05, 4.69) is 15.4 Å². The zero-order chi connectivity index (χ0) is 13.8. The summed E-state index contributed by atoms with van der Waals surface area (Å²) in [5.41, 5.74) is 8.20. The molecule has 0 unspecified atom stereocenters. The van der Waals surface area contributed by atoms with Crippen LogP contribution in [-0.2, 0) is 13.1 Å². The monoisotopic (exact) mass is 259 g/mol. The Hall–Kier alpha value is -2.37. The maximum atomic E-state index is 12.2. The van der Waals surface area contributed by atoms with Gasteiger partial charge in [0.25, 0.3) is 5.91 Å². The van der Waals surface area contributed by atoms with E-state index < -0.39 is 0 Å². The van der Waals surface area contributed by atoms with Gasteiger partial charge in [-0.25, -0.2) is 0 Å². The van der Waals surface area contributed by atoms with Gasteiger partial charge in [0.2, 0.25) is 0 Å². The zero-order valence-electron chi connectivity index (χ0n) is 11.1. The number of rotatable bonds is 4. The van der Waals surface area contributed by atoms with Crippen LogP contribution >= 0.6 is 0 Å². The molecule has 3 N–H and O–H groups in total. The number of amides is 1. The number of pyridine rings is 1. The molecule has 0 aliphatic heterocycles. The first-order valence-corrected chi connectivity index (χ1v) is 6.14. The molecule has 6 nitrogen and oxygen atoms in total. The number of aromatic nitrogens is 3. The van der Waals surface area contributed by atoms with E-state index in [1.54, 1.807) is 17.8 Å². The molecule has 0 radical (unpaired) electrons. The second kappa shape index (κ2) is 5.51. The van der Waals surface area contributed by atoms with Gasteiger partial charge in [0.15, 0.2) is 0 Å². The van der Waals surface area contributed by atoms with E-state index in [0.717, 1.165) is 5.69 Å². The summed E-state index contributed by atoms with van der Waals surface area (Å²) >= 11 is 0. The van der Waals surface area contributed by atoms with Gasteiger partial charge in [-0.05, 0) is 26.0 Å². The second-order valence-electron chi connectivity index (χ2n) is 4.17. The number of aryl methyl sites for hydroxylation is 2. The molecule has 1 amide bonds. The summed E-state index contributed by atoms with van der Waals surface area (Å²) in [4.78, 5) is 16.3. The number of hydrogen-bond acceptors (Lipinski definition) is 4. The van der Waals surface area contributed by atoms with Crippen molar-refractivity contribution in [2.24, 2.45) is 0 Å². The minimum absolute atomic E-state index is 0.231. The van der Waals surface area contributed by atoms with Gasteiger partial charge in [0.1, 0.15) is 5.69 Å². The third-order valence-electron chi connectivity index (χ3n) is 2.84. The topological polar surface area (TPSA) is 85.8 Å². The van der Waals surface area contributed by atoms with Crippen LogP contribution in [0.3, 0.4) is 0 Å². The van der Waals surface area contributed by atoms with E-state index in [1.807, 2.05) is 25.1 Å². The number of carbonyl (C=O) groups is 1. The minimum Gasteiger partial charge on any atom is -0.395 e. The number of nitrogens with one attached hydrogen (secondary N) is 1. The summed E-state index contributed by atoms with van der Waals surface area (Å²) in [7, 11) is 0.